The molecule has 2 nitrogen and oxygen atoms in total. The number of rotatable bonds is 4. The fourth-order valence-electron chi connectivity index (χ4n) is 3.70. The molecule has 0 saturated carbocycles. The summed E-state index contributed by atoms with van der Waals surface area (Å²) in [4.78, 5) is 0. The van der Waals surface area contributed by atoms with Gasteiger partial charge in [-0.2, -0.15) is 0 Å². The third-order valence-electron chi connectivity index (χ3n) is 4.85. The predicted molar refractivity (Wildman–Crippen MR) is 102 cm³/mol. The monoisotopic (exact) mass is 356 g/mol. The Morgan fingerprint density at radius 1 is 0.960 bits per heavy atom. The number of halogens is 1. The highest BCUT2D eigenvalue weighted by molar-refractivity contribution is 6.99. The number of aliphatic hydroxyl groups excluding tert-OH is 1. The molecule has 4 heteroatoms. The number of benzene rings is 2. The van der Waals surface area contributed by atoms with Crippen LogP contribution in [0.25, 0.3) is 0 Å². The van der Waals surface area contributed by atoms with Gasteiger partial charge in [0.15, 0.2) is 0 Å². The van der Waals surface area contributed by atoms with E-state index in [4.69, 9.17) is 4.43 Å². The van der Waals surface area contributed by atoms with Crippen LogP contribution in [0.4, 0.5) is 4.39 Å². The summed E-state index contributed by atoms with van der Waals surface area (Å²) < 4.78 is 21.0. The smallest absolute Gasteiger partial charge is 0.262 e. The lowest BCUT2D eigenvalue weighted by atomic mass is 10.2. The molecule has 0 aromatic heterocycles. The minimum atomic E-state index is -2.78. The lowest BCUT2D eigenvalue weighted by Crippen LogP contribution is -2.67. The van der Waals surface area contributed by atoms with Crippen LogP contribution in [0.15, 0.2) is 72.6 Å². The van der Waals surface area contributed by atoms with Crippen LogP contribution in [0.5, 0.6) is 0 Å². The van der Waals surface area contributed by atoms with Gasteiger partial charge < -0.3 is 9.53 Å². The fraction of sp³-hybridized carbons (Fsp3) is 0.333. The Bertz CT molecular complexity index is 698. The summed E-state index contributed by atoms with van der Waals surface area (Å²) in [5, 5.41) is 11.9. The molecule has 0 amide bonds. The first-order chi connectivity index (χ1) is 11.8. The first-order valence-corrected chi connectivity index (χ1v) is 10.6. The van der Waals surface area contributed by atoms with Gasteiger partial charge in [-0.3, -0.25) is 0 Å². The van der Waals surface area contributed by atoms with Crippen LogP contribution in [0, 0.1) is 0 Å². The second-order valence-electron chi connectivity index (χ2n) is 7.62. The Hall–Kier alpha value is -1.75. The molecule has 1 N–H and O–H groups in total. The fourth-order valence-corrected chi connectivity index (χ4v) is 8.35. The van der Waals surface area contributed by atoms with Gasteiger partial charge >= 0.3 is 0 Å². The molecule has 3 rings (SSSR count). The van der Waals surface area contributed by atoms with Crippen LogP contribution >= 0.6 is 0 Å². The second kappa shape index (κ2) is 6.87. The van der Waals surface area contributed by atoms with Crippen molar-refractivity contribution in [2.45, 2.75) is 44.4 Å². The molecule has 2 aromatic carbocycles. The third-order valence-corrected chi connectivity index (χ3v) is 9.89. The zero-order valence-corrected chi connectivity index (χ0v) is 15.9. The standard InChI is InChI=1S/C21H25FO2Si/c1-21(2,3)25(17-10-6-4-7-11-17,18-12-8-5-9-13-18)24-20-15-16(23)14-19(20)22/h4-14,16,20,23H,15H2,1-3H3/t16-,20-/m1/s1. The Kier molecular flexibility index (Phi) is 4.96. The maximum absolute atomic E-state index is 14.4. The summed E-state index contributed by atoms with van der Waals surface area (Å²) in [6.07, 6.45) is 0.0724. The van der Waals surface area contributed by atoms with Gasteiger partial charge in [0.25, 0.3) is 8.32 Å². The van der Waals surface area contributed by atoms with E-state index in [9.17, 15) is 9.50 Å². The third kappa shape index (κ3) is 3.34. The van der Waals surface area contributed by atoms with E-state index in [-0.39, 0.29) is 17.3 Å². The largest absolute Gasteiger partial charge is 0.398 e. The maximum atomic E-state index is 14.4. The number of hydrogen-bond donors (Lipinski definition) is 1. The predicted octanol–water partition coefficient (Wildman–Crippen LogP) is 3.55. The van der Waals surface area contributed by atoms with Gasteiger partial charge in [-0.15, -0.1) is 0 Å². The summed E-state index contributed by atoms with van der Waals surface area (Å²) in [5.41, 5.74) is 0. The van der Waals surface area contributed by atoms with E-state index in [1.807, 2.05) is 36.4 Å². The molecule has 132 valence electrons. The Morgan fingerprint density at radius 3 is 1.80 bits per heavy atom. The first-order valence-electron chi connectivity index (χ1n) is 8.69. The van der Waals surface area contributed by atoms with E-state index in [1.54, 1.807) is 0 Å². The van der Waals surface area contributed by atoms with E-state index in [0.717, 1.165) is 10.4 Å². The van der Waals surface area contributed by atoms with Crippen molar-refractivity contribution in [1.29, 1.82) is 0 Å². The Labute approximate surface area is 150 Å². The molecule has 0 fully saturated rings. The molecule has 25 heavy (non-hydrogen) atoms. The molecular weight excluding hydrogens is 331 g/mol. The normalized spacial score (nSPS) is 21.2. The van der Waals surface area contributed by atoms with Crippen LogP contribution in [0.3, 0.4) is 0 Å². The molecule has 0 saturated heterocycles. The minimum absolute atomic E-state index is 0.205. The van der Waals surface area contributed by atoms with Gasteiger partial charge in [0, 0.05) is 6.42 Å². The van der Waals surface area contributed by atoms with E-state index < -0.39 is 20.5 Å². The van der Waals surface area contributed by atoms with E-state index in [2.05, 4.69) is 45.0 Å². The van der Waals surface area contributed by atoms with Crippen LogP contribution in [-0.2, 0) is 4.43 Å². The maximum Gasteiger partial charge on any atom is 0.262 e. The first kappa shape index (κ1) is 18.1. The lowest BCUT2D eigenvalue weighted by molar-refractivity contribution is 0.145. The van der Waals surface area contributed by atoms with E-state index in [0.29, 0.717) is 0 Å². The van der Waals surface area contributed by atoms with Gasteiger partial charge in [0.05, 0.1) is 6.10 Å². The Balaban J connectivity index is 2.18. The molecule has 2 atom stereocenters. The van der Waals surface area contributed by atoms with E-state index >= 15 is 0 Å². The van der Waals surface area contributed by atoms with Crippen molar-refractivity contribution in [3.63, 3.8) is 0 Å². The molecule has 0 spiro atoms. The molecule has 1 aliphatic carbocycles. The zero-order valence-electron chi connectivity index (χ0n) is 14.9. The highest BCUT2D eigenvalue weighted by Gasteiger charge is 2.52. The van der Waals surface area contributed by atoms with Crippen molar-refractivity contribution in [1.82, 2.24) is 0 Å². The van der Waals surface area contributed by atoms with Crippen molar-refractivity contribution in [2.24, 2.45) is 0 Å². The highest BCUT2D eigenvalue weighted by Crippen LogP contribution is 2.39. The lowest BCUT2D eigenvalue weighted by Gasteiger charge is -2.44. The van der Waals surface area contributed by atoms with Crippen molar-refractivity contribution in [3.8, 4) is 0 Å². The quantitative estimate of drug-likeness (QED) is 0.849. The molecule has 0 bridgehead atoms. The van der Waals surface area contributed by atoms with Crippen LogP contribution in [0.1, 0.15) is 27.2 Å². The highest BCUT2D eigenvalue weighted by atomic mass is 28.4. The molecule has 0 radical (unpaired) electrons. The van der Waals surface area contributed by atoms with Crippen LogP contribution < -0.4 is 10.4 Å². The summed E-state index contributed by atoms with van der Waals surface area (Å²) in [6, 6.07) is 20.3. The zero-order chi connectivity index (χ0) is 18.1. The van der Waals surface area contributed by atoms with E-state index in [1.165, 1.54) is 6.08 Å². The average Bonchev–Trinajstić information content (AvgIpc) is 2.90. The van der Waals surface area contributed by atoms with Crippen molar-refractivity contribution in [3.05, 3.63) is 72.6 Å². The molecule has 0 aliphatic heterocycles. The van der Waals surface area contributed by atoms with Crippen molar-refractivity contribution < 1.29 is 13.9 Å². The minimum Gasteiger partial charge on any atom is -0.398 e. The Morgan fingerprint density at radius 2 is 1.44 bits per heavy atom. The average molecular weight is 357 g/mol. The molecule has 0 unspecified atom stereocenters. The van der Waals surface area contributed by atoms with Crippen molar-refractivity contribution in [2.75, 3.05) is 0 Å². The molecule has 2 aromatic rings. The molecular formula is C21H25FO2Si. The summed E-state index contributed by atoms with van der Waals surface area (Å²) in [5.74, 6) is -0.361. The summed E-state index contributed by atoms with van der Waals surface area (Å²) in [7, 11) is -2.78. The summed E-state index contributed by atoms with van der Waals surface area (Å²) >= 11 is 0. The summed E-state index contributed by atoms with van der Waals surface area (Å²) in [6.45, 7) is 6.48. The van der Waals surface area contributed by atoms with Gasteiger partial charge in [-0.25, -0.2) is 4.39 Å². The molecule has 0 heterocycles. The van der Waals surface area contributed by atoms with Gasteiger partial charge in [-0.05, 0) is 21.5 Å². The van der Waals surface area contributed by atoms with Crippen LogP contribution in [0.2, 0.25) is 5.04 Å². The SMILES string of the molecule is CC(C)(C)[Si](O[C@@H]1C[C@H](O)C=C1F)(c1ccccc1)c1ccccc1. The molecule has 1 aliphatic rings. The van der Waals surface area contributed by atoms with Crippen LogP contribution in [-0.4, -0.2) is 25.6 Å². The van der Waals surface area contributed by atoms with Gasteiger partial charge in [-0.1, -0.05) is 81.4 Å². The number of hydrogen-bond acceptors (Lipinski definition) is 2. The van der Waals surface area contributed by atoms with Gasteiger partial charge in [0.1, 0.15) is 11.9 Å². The number of aliphatic hydroxyl groups is 1. The van der Waals surface area contributed by atoms with Crippen molar-refractivity contribution >= 4 is 18.7 Å². The second-order valence-corrected chi connectivity index (χ2v) is 11.9. The van der Waals surface area contributed by atoms with Gasteiger partial charge in [0.2, 0.25) is 0 Å². The topological polar surface area (TPSA) is 29.5 Å².